The minimum Gasteiger partial charge on any atom is -0.493 e. The summed E-state index contributed by atoms with van der Waals surface area (Å²) in [5.74, 6) is 0.420. The second-order valence-electron chi connectivity index (χ2n) is 5.18. The number of rotatable bonds is 7. The highest BCUT2D eigenvalue weighted by molar-refractivity contribution is 9.10. The molecule has 0 N–H and O–H groups in total. The average Bonchev–Trinajstić information content (AvgIpc) is 2.60. The Kier molecular flexibility index (Phi) is 6.55. The lowest BCUT2D eigenvalue weighted by Gasteiger charge is -2.11. The summed E-state index contributed by atoms with van der Waals surface area (Å²) in [6, 6.07) is 11.8. The molecule has 5 heteroatoms. The molecule has 0 radical (unpaired) electrons. The van der Waals surface area contributed by atoms with Crippen molar-refractivity contribution in [2.75, 3.05) is 6.61 Å². The third-order valence-electron chi connectivity index (χ3n) is 3.33. The van der Waals surface area contributed by atoms with Crippen LogP contribution < -0.4 is 9.47 Å². The lowest BCUT2D eigenvalue weighted by atomic mass is 10.1. The normalized spacial score (nSPS) is 10.3. The van der Waals surface area contributed by atoms with Crippen LogP contribution in [0.1, 0.15) is 47.4 Å². The molecule has 0 aliphatic heterocycles. The number of hydrogen-bond donors (Lipinski definition) is 0. The highest BCUT2D eigenvalue weighted by Gasteiger charge is 2.16. The Balaban J connectivity index is 2.17. The molecule has 0 heterocycles. The van der Waals surface area contributed by atoms with E-state index in [1.165, 1.54) is 0 Å². The van der Waals surface area contributed by atoms with Crippen LogP contribution in [0.2, 0.25) is 0 Å². The van der Waals surface area contributed by atoms with Crippen molar-refractivity contribution >= 4 is 27.7 Å². The predicted octanol–water partition coefficient (Wildman–Crippen LogP) is 5.05. The van der Waals surface area contributed by atoms with Crippen molar-refractivity contribution in [1.82, 2.24) is 0 Å². The Bertz CT molecular complexity index is 723. The SMILES string of the molecule is CCCOc1ccc(Br)cc1C(=O)Oc1ccc(C(=O)CC)cc1. The van der Waals surface area contributed by atoms with E-state index in [2.05, 4.69) is 15.9 Å². The van der Waals surface area contributed by atoms with Crippen LogP contribution in [-0.2, 0) is 0 Å². The van der Waals surface area contributed by atoms with Gasteiger partial charge in [0, 0.05) is 16.5 Å². The molecule has 2 aromatic carbocycles. The summed E-state index contributed by atoms with van der Waals surface area (Å²) in [4.78, 5) is 24.1. The van der Waals surface area contributed by atoms with E-state index in [1.807, 2.05) is 13.0 Å². The van der Waals surface area contributed by atoms with Crippen molar-refractivity contribution in [3.05, 3.63) is 58.1 Å². The largest absolute Gasteiger partial charge is 0.493 e. The summed E-state index contributed by atoms with van der Waals surface area (Å²) >= 11 is 3.35. The van der Waals surface area contributed by atoms with Gasteiger partial charge in [0.15, 0.2) is 5.78 Å². The van der Waals surface area contributed by atoms with E-state index >= 15 is 0 Å². The van der Waals surface area contributed by atoms with Gasteiger partial charge in [-0.15, -0.1) is 0 Å². The van der Waals surface area contributed by atoms with Gasteiger partial charge in [-0.3, -0.25) is 4.79 Å². The quantitative estimate of drug-likeness (QED) is 0.377. The van der Waals surface area contributed by atoms with E-state index in [9.17, 15) is 9.59 Å². The monoisotopic (exact) mass is 390 g/mol. The molecule has 0 fully saturated rings. The number of benzene rings is 2. The molecule has 0 spiro atoms. The van der Waals surface area contributed by atoms with E-state index in [4.69, 9.17) is 9.47 Å². The first kappa shape index (κ1) is 18.2. The van der Waals surface area contributed by atoms with Crippen LogP contribution in [0.4, 0.5) is 0 Å². The third kappa shape index (κ3) is 4.68. The first-order chi connectivity index (χ1) is 11.5. The number of carbonyl (C=O) groups is 2. The Labute approximate surface area is 149 Å². The maximum Gasteiger partial charge on any atom is 0.347 e. The summed E-state index contributed by atoms with van der Waals surface area (Å²) in [5.41, 5.74) is 0.957. The molecule has 0 bridgehead atoms. The van der Waals surface area contributed by atoms with Crippen LogP contribution in [0, 0.1) is 0 Å². The Morgan fingerprint density at radius 2 is 1.75 bits per heavy atom. The maximum absolute atomic E-state index is 12.4. The standard InChI is InChI=1S/C19H19BrO4/c1-3-11-23-18-10-7-14(20)12-16(18)19(22)24-15-8-5-13(6-9-15)17(21)4-2/h5-10,12H,3-4,11H2,1-2H3. The Hall–Kier alpha value is -2.14. The topological polar surface area (TPSA) is 52.6 Å². The van der Waals surface area contributed by atoms with Crippen LogP contribution in [0.5, 0.6) is 11.5 Å². The predicted molar refractivity (Wildman–Crippen MR) is 96.0 cm³/mol. The van der Waals surface area contributed by atoms with Gasteiger partial charge in [-0.05, 0) is 48.9 Å². The minimum absolute atomic E-state index is 0.0510. The van der Waals surface area contributed by atoms with Gasteiger partial charge in [-0.2, -0.15) is 0 Å². The second kappa shape index (κ2) is 8.64. The minimum atomic E-state index is -0.503. The number of carbonyl (C=O) groups excluding carboxylic acids is 2. The Morgan fingerprint density at radius 3 is 2.38 bits per heavy atom. The average molecular weight is 391 g/mol. The number of ketones is 1. The summed E-state index contributed by atoms with van der Waals surface area (Å²) in [7, 11) is 0. The summed E-state index contributed by atoms with van der Waals surface area (Å²) in [5, 5.41) is 0. The second-order valence-corrected chi connectivity index (χ2v) is 6.10. The number of hydrogen-bond acceptors (Lipinski definition) is 4. The zero-order chi connectivity index (χ0) is 17.5. The molecule has 2 rings (SSSR count). The van der Waals surface area contributed by atoms with Gasteiger partial charge in [0.2, 0.25) is 0 Å². The van der Waals surface area contributed by atoms with Gasteiger partial charge in [0.1, 0.15) is 17.1 Å². The van der Waals surface area contributed by atoms with Crippen molar-refractivity contribution in [2.45, 2.75) is 26.7 Å². The number of Topliss-reactive ketones (excluding diaryl/α,β-unsaturated/α-hetero) is 1. The first-order valence-electron chi connectivity index (χ1n) is 7.83. The highest BCUT2D eigenvalue weighted by Crippen LogP contribution is 2.25. The molecule has 24 heavy (non-hydrogen) atoms. The molecule has 126 valence electrons. The van der Waals surface area contributed by atoms with Crippen LogP contribution in [0.3, 0.4) is 0 Å². The van der Waals surface area contributed by atoms with Crippen molar-refractivity contribution in [3.8, 4) is 11.5 Å². The smallest absolute Gasteiger partial charge is 0.347 e. The molecule has 0 aliphatic carbocycles. The van der Waals surface area contributed by atoms with Crippen LogP contribution in [-0.4, -0.2) is 18.4 Å². The molecule has 0 aliphatic rings. The number of esters is 1. The molecule has 0 saturated heterocycles. The zero-order valence-corrected chi connectivity index (χ0v) is 15.3. The third-order valence-corrected chi connectivity index (χ3v) is 3.82. The molecule has 4 nitrogen and oxygen atoms in total. The summed E-state index contributed by atoms with van der Waals surface area (Å²) < 4.78 is 11.8. The van der Waals surface area contributed by atoms with Crippen molar-refractivity contribution in [3.63, 3.8) is 0 Å². The van der Waals surface area contributed by atoms with Gasteiger partial charge < -0.3 is 9.47 Å². The van der Waals surface area contributed by atoms with Crippen molar-refractivity contribution < 1.29 is 19.1 Å². The van der Waals surface area contributed by atoms with E-state index in [0.29, 0.717) is 35.7 Å². The summed E-state index contributed by atoms with van der Waals surface area (Å²) in [6.07, 6.45) is 1.28. The lowest BCUT2D eigenvalue weighted by Crippen LogP contribution is -2.11. The molecule has 0 saturated carbocycles. The van der Waals surface area contributed by atoms with Gasteiger partial charge in [-0.25, -0.2) is 4.79 Å². The highest BCUT2D eigenvalue weighted by atomic mass is 79.9. The van der Waals surface area contributed by atoms with Gasteiger partial charge in [0.05, 0.1) is 6.61 Å². The zero-order valence-electron chi connectivity index (χ0n) is 13.7. The Morgan fingerprint density at radius 1 is 1.04 bits per heavy atom. The van der Waals surface area contributed by atoms with E-state index in [-0.39, 0.29) is 5.78 Å². The van der Waals surface area contributed by atoms with Gasteiger partial charge >= 0.3 is 5.97 Å². The van der Waals surface area contributed by atoms with Crippen LogP contribution >= 0.6 is 15.9 Å². The van der Waals surface area contributed by atoms with E-state index in [1.54, 1.807) is 43.3 Å². The molecular formula is C19H19BrO4. The van der Waals surface area contributed by atoms with E-state index < -0.39 is 5.97 Å². The molecule has 0 aromatic heterocycles. The molecule has 0 unspecified atom stereocenters. The summed E-state index contributed by atoms with van der Waals surface area (Å²) in [6.45, 7) is 4.33. The fraction of sp³-hybridized carbons (Fsp3) is 0.263. The van der Waals surface area contributed by atoms with Crippen LogP contribution in [0.25, 0.3) is 0 Å². The fourth-order valence-corrected chi connectivity index (χ4v) is 2.44. The maximum atomic E-state index is 12.4. The van der Waals surface area contributed by atoms with Gasteiger partial charge in [-0.1, -0.05) is 29.8 Å². The number of ether oxygens (including phenoxy) is 2. The number of halogens is 1. The van der Waals surface area contributed by atoms with E-state index in [0.717, 1.165) is 10.9 Å². The lowest BCUT2D eigenvalue weighted by molar-refractivity contribution is 0.0730. The van der Waals surface area contributed by atoms with Gasteiger partial charge in [0.25, 0.3) is 0 Å². The molecule has 0 amide bonds. The van der Waals surface area contributed by atoms with Crippen molar-refractivity contribution in [2.24, 2.45) is 0 Å². The molecular weight excluding hydrogens is 372 g/mol. The first-order valence-corrected chi connectivity index (χ1v) is 8.62. The molecule has 2 aromatic rings. The molecule has 0 atom stereocenters. The fourth-order valence-electron chi connectivity index (χ4n) is 2.07. The van der Waals surface area contributed by atoms with Crippen LogP contribution in [0.15, 0.2) is 46.9 Å². The van der Waals surface area contributed by atoms with Crippen molar-refractivity contribution in [1.29, 1.82) is 0 Å².